The molecule has 2 heteroatoms. The Bertz CT molecular complexity index is 439. The number of hydrogen-bond acceptors (Lipinski definition) is 2. The molecule has 0 amide bonds. The van der Waals surface area contributed by atoms with Gasteiger partial charge in [0.15, 0.2) is 0 Å². The summed E-state index contributed by atoms with van der Waals surface area (Å²) in [4.78, 5) is 0. The predicted molar refractivity (Wildman–Crippen MR) is 84.8 cm³/mol. The zero-order valence-corrected chi connectivity index (χ0v) is 13.6. The Hall–Kier alpha value is -0.860. The normalized spacial score (nSPS) is 12.8. The first-order valence-electron chi connectivity index (χ1n) is 7.11. The number of rotatable bonds is 5. The third-order valence-corrected chi connectivity index (χ3v) is 3.93. The Labute approximate surface area is 118 Å². The number of aryl methyl sites for hydroxylation is 1. The average molecular weight is 262 g/mol. The highest BCUT2D eigenvalue weighted by Gasteiger charge is 2.24. The molecule has 0 radical (unpaired) electrons. The van der Waals surface area contributed by atoms with E-state index in [1.165, 1.54) is 22.3 Å². The van der Waals surface area contributed by atoms with Crippen molar-refractivity contribution in [3.05, 3.63) is 34.4 Å². The van der Waals surface area contributed by atoms with Crippen LogP contribution in [0.4, 0.5) is 0 Å². The van der Waals surface area contributed by atoms with Crippen molar-refractivity contribution in [2.24, 2.45) is 5.73 Å². The van der Waals surface area contributed by atoms with Crippen molar-refractivity contribution in [2.75, 3.05) is 13.1 Å². The second-order valence-corrected chi connectivity index (χ2v) is 7.16. The molecule has 1 aromatic carbocycles. The number of hydrogen-bond donors (Lipinski definition) is 2. The van der Waals surface area contributed by atoms with Crippen molar-refractivity contribution >= 4 is 0 Å². The highest BCUT2D eigenvalue weighted by atomic mass is 14.9. The van der Waals surface area contributed by atoms with Gasteiger partial charge in [-0.1, -0.05) is 26.0 Å². The molecule has 0 saturated carbocycles. The smallest absolute Gasteiger partial charge is 0.0223 e. The molecule has 1 rings (SSSR count). The Morgan fingerprint density at radius 1 is 0.947 bits per heavy atom. The van der Waals surface area contributed by atoms with Crippen LogP contribution in [0.25, 0.3) is 0 Å². The largest absolute Gasteiger partial charge is 0.324 e. The van der Waals surface area contributed by atoms with Crippen LogP contribution in [-0.4, -0.2) is 18.6 Å². The zero-order valence-electron chi connectivity index (χ0n) is 13.6. The monoisotopic (exact) mass is 262 g/mol. The van der Waals surface area contributed by atoms with Crippen LogP contribution in [-0.2, 0) is 5.41 Å². The van der Waals surface area contributed by atoms with Gasteiger partial charge >= 0.3 is 0 Å². The summed E-state index contributed by atoms with van der Waals surface area (Å²) >= 11 is 0. The summed E-state index contributed by atoms with van der Waals surface area (Å²) in [5.41, 5.74) is 11.6. The van der Waals surface area contributed by atoms with Gasteiger partial charge in [-0.3, -0.25) is 0 Å². The van der Waals surface area contributed by atoms with Gasteiger partial charge < -0.3 is 11.1 Å². The van der Waals surface area contributed by atoms with Crippen molar-refractivity contribution in [1.82, 2.24) is 5.32 Å². The fourth-order valence-corrected chi connectivity index (χ4v) is 2.48. The first-order valence-corrected chi connectivity index (χ1v) is 7.11. The maximum absolute atomic E-state index is 6.01. The van der Waals surface area contributed by atoms with E-state index in [9.17, 15) is 0 Å². The zero-order chi connectivity index (χ0) is 14.8. The van der Waals surface area contributed by atoms with E-state index >= 15 is 0 Å². The lowest BCUT2D eigenvalue weighted by Crippen LogP contribution is -2.46. The molecule has 2 nitrogen and oxygen atoms in total. The Kier molecular flexibility index (Phi) is 4.81. The third kappa shape index (κ3) is 4.32. The summed E-state index contributed by atoms with van der Waals surface area (Å²) in [6.45, 7) is 17.1. The van der Waals surface area contributed by atoms with Gasteiger partial charge in [0.05, 0.1) is 0 Å². The van der Waals surface area contributed by atoms with Crippen LogP contribution in [0.1, 0.15) is 49.9 Å². The second-order valence-electron chi connectivity index (χ2n) is 7.16. The van der Waals surface area contributed by atoms with Gasteiger partial charge in [0.25, 0.3) is 0 Å². The van der Waals surface area contributed by atoms with E-state index in [1.54, 1.807) is 0 Å². The molecule has 0 aliphatic heterocycles. The van der Waals surface area contributed by atoms with E-state index in [2.05, 4.69) is 52.1 Å². The summed E-state index contributed by atoms with van der Waals surface area (Å²) in [6.07, 6.45) is 0. The van der Waals surface area contributed by atoms with E-state index in [1.807, 2.05) is 13.8 Å². The van der Waals surface area contributed by atoms with Gasteiger partial charge in [-0.05, 0) is 56.9 Å². The quantitative estimate of drug-likeness (QED) is 0.855. The molecule has 0 fully saturated rings. The van der Waals surface area contributed by atoms with E-state index in [0.29, 0.717) is 0 Å². The molecule has 0 saturated heterocycles. The Morgan fingerprint density at radius 2 is 1.53 bits per heavy atom. The van der Waals surface area contributed by atoms with Crippen LogP contribution >= 0.6 is 0 Å². The van der Waals surface area contributed by atoms with Crippen LogP contribution in [0, 0.1) is 20.8 Å². The molecule has 0 heterocycles. The summed E-state index contributed by atoms with van der Waals surface area (Å²) < 4.78 is 0. The Balaban J connectivity index is 2.86. The third-order valence-electron chi connectivity index (χ3n) is 3.93. The van der Waals surface area contributed by atoms with Crippen LogP contribution in [0.3, 0.4) is 0 Å². The number of nitrogens with one attached hydrogen (secondary N) is 1. The van der Waals surface area contributed by atoms with Gasteiger partial charge in [0, 0.05) is 24.0 Å². The lowest BCUT2D eigenvalue weighted by Gasteiger charge is -2.30. The van der Waals surface area contributed by atoms with Crippen LogP contribution in [0.15, 0.2) is 12.1 Å². The second kappa shape index (κ2) is 5.64. The van der Waals surface area contributed by atoms with Gasteiger partial charge in [-0.2, -0.15) is 0 Å². The van der Waals surface area contributed by atoms with Gasteiger partial charge in [-0.15, -0.1) is 0 Å². The molecule has 1 aromatic rings. The maximum atomic E-state index is 6.01. The molecule has 3 N–H and O–H groups in total. The first-order chi connectivity index (χ1) is 8.54. The first kappa shape index (κ1) is 16.2. The molecule has 0 aliphatic carbocycles. The van der Waals surface area contributed by atoms with Gasteiger partial charge in [0.1, 0.15) is 0 Å². The van der Waals surface area contributed by atoms with Crippen molar-refractivity contribution in [1.29, 1.82) is 0 Å². The molecule has 0 unspecified atom stereocenters. The number of benzene rings is 1. The molecule has 0 atom stereocenters. The van der Waals surface area contributed by atoms with Crippen molar-refractivity contribution in [3.8, 4) is 0 Å². The molecule has 19 heavy (non-hydrogen) atoms. The van der Waals surface area contributed by atoms with E-state index in [4.69, 9.17) is 5.73 Å². The van der Waals surface area contributed by atoms with E-state index < -0.39 is 0 Å². The van der Waals surface area contributed by atoms with Crippen LogP contribution < -0.4 is 11.1 Å². The highest BCUT2D eigenvalue weighted by molar-refractivity contribution is 5.42. The summed E-state index contributed by atoms with van der Waals surface area (Å²) in [7, 11) is 0. The minimum absolute atomic E-state index is 0.119. The highest BCUT2D eigenvalue weighted by Crippen LogP contribution is 2.28. The van der Waals surface area contributed by atoms with Crippen LogP contribution in [0.2, 0.25) is 0 Å². The van der Waals surface area contributed by atoms with Gasteiger partial charge in [-0.25, -0.2) is 0 Å². The minimum atomic E-state index is -0.158. The number of nitrogens with two attached hydrogens (primary N) is 1. The lowest BCUT2D eigenvalue weighted by molar-refractivity contribution is 0.410. The van der Waals surface area contributed by atoms with Gasteiger partial charge in [0.2, 0.25) is 0 Å². The van der Waals surface area contributed by atoms with E-state index in [-0.39, 0.29) is 11.0 Å². The molecule has 0 bridgehead atoms. The van der Waals surface area contributed by atoms with Crippen LogP contribution in [0.5, 0.6) is 0 Å². The molecule has 0 spiro atoms. The van der Waals surface area contributed by atoms with Crippen molar-refractivity contribution in [2.45, 2.75) is 59.4 Å². The molecule has 0 aliphatic rings. The minimum Gasteiger partial charge on any atom is -0.324 e. The fourth-order valence-electron chi connectivity index (χ4n) is 2.48. The lowest BCUT2D eigenvalue weighted by atomic mass is 9.80. The summed E-state index contributed by atoms with van der Waals surface area (Å²) in [5.74, 6) is 0. The van der Waals surface area contributed by atoms with Crippen molar-refractivity contribution in [3.63, 3.8) is 0 Å². The summed E-state index contributed by atoms with van der Waals surface area (Å²) in [5, 5.41) is 3.50. The predicted octanol–water partition coefficient (Wildman–Crippen LogP) is 3.22. The standard InChI is InChI=1S/C17H30N2/c1-12-8-9-15(14(3)13(12)2)16(4,5)10-19-11-17(6,7)18/h8-9,19H,10-11,18H2,1-7H3. The molecular weight excluding hydrogens is 232 g/mol. The Morgan fingerprint density at radius 3 is 2.05 bits per heavy atom. The van der Waals surface area contributed by atoms with Crippen molar-refractivity contribution < 1.29 is 0 Å². The fraction of sp³-hybridized carbons (Fsp3) is 0.647. The maximum Gasteiger partial charge on any atom is 0.0223 e. The SMILES string of the molecule is Cc1ccc(C(C)(C)CNCC(C)(C)N)c(C)c1C. The summed E-state index contributed by atoms with van der Waals surface area (Å²) in [6, 6.07) is 4.50. The van der Waals surface area contributed by atoms with E-state index in [0.717, 1.165) is 13.1 Å². The topological polar surface area (TPSA) is 38.0 Å². The molecular formula is C17H30N2. The molecule has 108 valence electrons. The molecule has 0 aromatic heterocycles. The average Bonchev–Trinajstić information content (AvgIpc) is 2.23.